The van der Waals surface area contributed by atoms with Crippen molar-refractivity contribution < 1.29 is 4.74 Å². The normalized spacial score (nSPS) is 17.9. The fraction of sp³-hybridized carbons (Fsp3) is 0.727. The van der Waals surface area contributed by atoms with Gasteiger partial charge in [0.05, 0.1) is 25.5 Å². The highest BCUT2D eigenvalue weighted by molar-refractivity contribution is 7.11. The maximum absolute atomic E-state index is 5.34. The number of thiazole rings is 1. The standard InChI is InChI=1S/C11H19N3OS/c1-9-10(7-12-2)16-11(13-9)8-14-3-5-15-6-4-14/h12H,3-8H2,1-2H3. The topological polar surface area (TPSA) is 37.4 Å². The zero-order chi connectivity index (χ0) is 11.4. The Hall–Kier alpha value is -0.490. The van der Waals surface area contributed by atoms with Gasteiger partial charge in [-0.2, -0.15) is 0 Å². The van der Waals surface area contributed by atoms with Crippen molar-refractivity contribution in [3.63, 3.8) is 0 Å². The Morgan fingerprint density at radius 2 is 2.19 bits per heavy atom. The molecule has 2 heterocycles. The van der Waals surface area contributed by atoms with Crippen LogP contribution in [0.5, 0.6) is 0 Å². The minimum absolute atomic E-state index is 0.855. The molecule has 0 amide bonds. The second-order valence-corrected chi connectivity index (χ2v) is 5.20. The quantitative estimate of drug-likeness (QED) is 0.853. The third kappa shape index (κ3) is 3.01. The fourth-order valence-corrected chi connectivity index (χ4v) is 2.96. The van der Waals surface area contributed by atoms with E-state index in [9.17, 15) is 0 Å². The number of aromatic nitrogens is 1. The van der Waals surface area contributed by atoms with Crippen molar-refractivity contribution in [2.75, 3.05) is 33.4 Å². The molecule has 0 bridgehead atoms. The molecule has 0 unspecified atom stereocenters. The van der Waals surface area contributed by atoms with Crippen molar-refractivity contribution in [1.82, 2.24) is 15.2 Å². The predicted molar refractivity (Wildman–Crippen MR) is 65.7 cm³/mol. The monoisotopic (exact) mass is 241 g/mol. The average Bonchev–Trinajstić information content (AvgIpc) is 2.61. The number of morpholine rings is 1. The number of aryl methyl sites for hydroxylation is 1. The van der Waals surface area contributed by atoms with Crippen LogP contribution in [0.2, 0.25) is 0 Å². The van der Waals surface area contributed by atoms with Gasteiger partial charge in [-0.15, -0.1) is 11.3 Å². The van der Waals surface area contributed by atoms with Crippen LogP contribution in [0.4, 0.5) is 0 Å². The molecule has 1 N–H and O–H groups in total. The van der Waals surface area contributed by atoms with Crippen molar-refractivity contribution in [3.8, 4) is 0 Å². The Labute approximate surface area is 101 Å². The van der Waals surface area contributed by atoms with E-state index in [0.29, 0.717) is 0 Å². The summed E-state index contributed by atoms with van der Waals surface area (Å²) in [6.45, 7) is 7.75. The molecule has 0 saturated carbocycles. The summed E-state index contributed by atoms with van der Waals surface area (Å²) in [5.41, 5.74) is 1.17. The number of nitrogens with zero attached hydrogens (tertiary/aromatic N) is 2. The highest BCUT2D eigenvalue weighted by atomic mass is 32.1. The second kappa shape index (κ2) is 5.72. The number of hydrogen-bond donors (Lipinski definition) is 1. The number of nitrogens with one attached hydrogen (secondary N) is 1. The molecule has 0 aromatic carbocycles. The molecule has 0 atom stereocenters. The minimum Gasteiger partial charge on any atom is -0.379 e. The van der Waals surface area contributed by atoms with Crippen LogP contribution in [0.15, 0.2) is 0 Å². The Morgan fingerprint density at radius 1 is 1.44 bits per heavy atom. The van der Waals surface area contributed by atoms with E-state index in [1.54, 1.807) is 0 Å². The van der Waals surface area contributed by atoms with E-state index in [-0.39, 0.29) is 0 Å². The first-order valence-corrected chi connectivity index (χ1v) is 6.51. The van der Waals surface area contributed by atoms with E-state index in [2.05, 4.69) is 22.1 Å². The largest absolute Gasteiger partial charge is 0.379 e. The van der Waals surface area contributed by atoms with Crippen LogP contribution in [-0.4, -0.2) is 43.2 Å². The molecular weight excluding hydrogens is 222 g/mol. The van der Waals surface area contributed by atoms with Crippen LogP contribution in [0.25, 0.3) is 0 Å². The maximum atomic E-state index is 5.34. The maximum Gasteiger partial charge on any atom is 0.107 e. The van der Waals surface area contributed by atoms with E-state index in [1.165, 1.54) is 15.6 Å². The summed E-state index contributed by atoms with van der Waals surface area (Å²) in [7, 11) is 1.97. The fourth-order valence-electron chi connectivity index (χ4n) is 1.83. The molecule has 5 heteroatoms. The Balaban J connectivity index is 1.95. The molecule has 1 aromatic heterocycles. The van der Waals surface area contributed by atoms with Gasteiger partial charge < -0.3 is 10.1 Å². The van der Waals surface area contributed by atoms with Gasteiger partial charge in [-0.05, 0) is 14.0 Å². The Kier molecular flexibility index (Phi) is 4.29. The molecule has 1 aromatic rings. The summed E-state index contributed by atoms with van der Waals surface area (Å²) in [4.78, 5) is 8.38. The van der Waals surface area contributed by atoms with Crippen LogP contribution in [0.1, 0.15) is 15.6 Å². The van der Waals surface area contributed by atoms with Gasteiger partial charge in [0, 0.05) is 24.5 Å². The Morgan fingerprint density at radius 3 is 2.88 bits per heavy atom. The lowest BCUT2D eigenvalue weighted by molar-refractivity contribution is 0.0341. The van der Waals surface area contributed by atoms with Crippen molar-refractivity contribution in [2.24, 2.45) is 0 Å². The van der Waals surface area contributed by atoms with E-state index < -0.39 is 0 Å². The molecule has 0 radical (unpaired) electrons. The number of ether oxygens (including phenoxy) is 1. The Bertz CT molecular complexity index is 334. The van der Waals surface area contributed by atoms with Crippen LogP contribution in [0, 0.1) is 6.92 Å². The molecule has 16 heavy (non-hydrogen) atoms. The average molecular weight is 241 g/mol. The van der Waals surface area contributed by atoms with Gasteiger partial charge in [-0.1, -0.05) is 0 Å². The third-order valence-electron chi connectivity index (χ3n) is 2.74. The van der Waals surface area contributed by atoms with Crippen molar-refractivity contribution in [3.05, 3.63) is 15.6 Å². The predicted octanol–water partition coefficient (Wildman–Crippen LogP) is 1.00. The van der Waals surface area contributed by atoms with E-state index in [4.69, 9.17) is 4.74 Å². The molecule has 1 aliphatic rings. The van der Waals surface area contributed by atoms with Crippen LogP contribution in [0.3, 0.4) is 0 Å². The third-order valence-corrected chi connectivity index (χ3v) is 3.88. The lowest BCUT2D eigenvalue weighted by Crippen LogP contribution is -2.35. The van der Waals surface area contributed by atoms with Crippen LogP contribution in [-0.2, 0) is 17.8 Å². The van der Waals surface area contributed by atoms with Crippen LogP contribution < -0.4 is 5.32 Å². The first-order chi connectivity index (χ1) is 7.79. The van der Waals surface area contributed by atoms with Crippen LogP contribution >= 0.6 is 11.3 Å². The van der Waals surface area contributed by atoms with Gasteiger partial charge in [0.1, 0.15) is 5.01 Å². The molecule has 1 saturated heterocycles. The molecule has 2 rings (SSSR count). The molecule has 4 nitrogen and oxygen atoms in total. The van der Waals surface area contributed by atoms with Gasteiger partial charge in [-0.3, -0.25) is 4.90 Å². The zero-order valence-corrected chi connectivity index (χ0v) is 10.8. The SMILES string of the molecule is CNCc1sc(CN2CCOCC2)nc1C. The summed E-state index contributed by atoms with van der Waals surface area (Å²) < 4.78 is 5.34. The molecule has 0 aliphatic carbocycles. The number of hydrogen-bond acceptors (Lipinski definition) is 5. The van der Waals surface area contributed by atoms with E-state index >= 15 is 0 Å². The van der Waals surface area contributed by atoms with E-state index in [1.807, 2.05) is 18.4 Å². The summed E-state index contributed by atoms with van der Waals surface area (Å²) in [5.74, 6) is 0. The summed E-state index contributed by atoms with van der Waals surface area (Å²) >= 11 is 1.82. The minimum atomic E-state index is 0.855. The summed E-state index contributed by atoms with van der Waals surface area (Å²) in [5, 5.41) is 4.41. The molecular formula is C11H19N3OS. The molecule has 0 spiro atoms. The van der Waals surface area contributed by atoms with Crippen molar-refractivity contribution in [2.45, 2.75) is 20.0 Å². The van der Waals surface area contributed by atoms with Crippen molar-refractivity contribution in [1.29, 1.82) is 0 Å². The highest BCUT2D eigenvalue weighted by Gasteiger charge is 2.14. The first-order valence-electron chi connectivity index (χ1n) is 5.69. The molecule has 1 aliphatic heterocycles. The van der Waals surface area contributed by atoms with Gasteiger partial charge in [-0.25, -0.2) is 4.98 Å². The lowest BCUT2D eigenvalue weighted by atomic mass is 10.4. The molecule has 90 valence electrons. The highest BCUT2D eigenvalue weighted by Crippen LogP contribution is 2.19. The lowest BCUT2D eigenvalue weighted by Gasteiger charge is -2.25. The number of rotatable bonds is 4. The smallest absolute Gasteiger partial charge is 0.107 e. The van der Waals surface area contributed by atoms with Gasteiger partial charge in [0.25, 0.3) is 0 Å². The van der Waals surface area contributed by atoms with Gasteiger partial charge >= 0.3 is 0 Å². The first kappa shape index (κ1) is 12.0. The van der Waals surface area contributed by atoms with Crippen molar-refractivity contribution >= 4 is 11.3 Å². The van der Waals surface area contributed by atoms with E-state index in [0.717, 1.165) is 39.4 Å². The zero-order valence-electron chi connectivity index (χ0n) is 9.95. The summed E-state index contributed by atoms with van der Waals surface area (Å²) in [6.07, 6.45) is 0. The summed E-state index contributed by atoms with van der Waals surface area (Å²) in [6, 6.07) is 0. The van der Waals surface area contributed by atoms with Gasteiger partial charge in [0.15, 0.2) is 0 Å². The molecule has 1 fully saturated rings. The van der Waals surface area contributed by atoms with Gasteiger partial charge in [0.2, 0.25) is 0 Å². The second-order valence-electron chi connectivity index (χ2n) is 4.04.